The molecule has 2 rings (SSSR count). The van der Waals surface area contributed by atoms with Gasteiger partial charge in [-0.1, -0.05) is 0 Å². The van der Waals surface area contributed by atoms with Crippen LogP contribution in [0.1, 0.15) is 5.56 Å². The monoisotopic (exact) mass is 150 g/mol. The lowest BCUT2D eigenvalue weighted by Gasteiger charge is -2.00. The van der Waals surface area contributed by atoms with Gasteiger partial charge in [-0.25, -0.2) is 4.98 Å². The van der Waals surface area contributed by atoms with Crippen LogP contribution in [0.4, 0.5) is 5.69 Å². The standard InChI is InChI=1S/C8H10N2O/c1-11-8-4-6-2-3-9-7(6)5-10-8/h4-5,9H,2-3H2,1H3. The number of fused-ring (bicyclic) bond motifs is 1. The summed E-state index contributed by atoms with van der Waals surface area (Å²) in [5.74, 6) is 0.701. The van der Waals surface area contributed by atoms with E-state index in [4.69, 9.17) is 4.74 Å². The van der Waals surface area contributed by atoms with Gasteiger partial charge in [-0.15, -0.1) is 0 Å². The highest BCUT2D eigenvalue weighted by Gasteiger charge is 2.10. The Morgan fingerprint density at radius 2 is 2.55 bits per heavy atom. The molecule has 58 valence electrons. The van der Waals surface area contributed by atoms with Crippen molar-refractivity contribution in [2.24, 2.45) is 0 Å². The molecule has 0 aromatic carbocycles. The molecule has 1 N–H and O–H groups in total. The molecule has 11 heavy (non-hydrogen) atoms. The summed E-state index contributed by atoms with van der Waals surface area (Å²) < 4.78 is 5.00. The molecule has 0 aliphatic carbocycles. The van der Waals surface area contributed by atoms with E-state index < -0.39 is 0 Å². The van der Waals surface area contributed by atoms with Crippen LogP contribution in [-0.4, -0.2) is 18.6 Å². The number of rotatable bonds is 1. The number of hydrogen-bond acceptors (Lipinski definition) is 3. The quantitative estimate of drug-likeness (QED) is 0.650. The van der Waals surface area contributed by atoms with Crippen molar-refractivity contribution < 1.29 is 4.74 Å². The molecule has 0 spiro atoms. The fraction of sp³-hybridized carbons (Fsp3) is 0.375. The Kier molecular flexibility index (Phi) is 1.42. The largest absolute Gasteiger partial charge is 0.481 e. The van der Waals surface area contributed by atoms with Gasteiger partial charge in [0, 0.05) is 12.6 Å². The second-order valence-corrected chi connectivity index (χ2v) is 2.56. The molecule has 0 fully saturated rings. The molecule has 1 aliphatic rings. The van der Waals surface area contributed by atoms with Gasteiger partial charge in [0.15, 0.2) is 0 Å². The number of nitrogens with zero attached hydrogens (tertiary/aromatic N) is 1. The minimum Gasteiger partial charge on any atom is -0.481 e. The highest BCUT2D eigenvalue weighted by Crippen LogP contribution is 2.23. The predicted molar refractivity (Wildman–Crippen MR) is 43.0 cm³/mol. The zero-order valence-corrected chi connectivity index (χ0v) is 6.42. The molecule has 3 nitrogen and oxygen atoms in total. The van der Waals surface area contributed by atoms with Crippen LogP contribution in [0.3, 0.4) is 0 Å². The van der Waals surface area contributed by atoms with Gasteiger partial charge in [0.2, 0.25) is 5.88 Å². The molecule has 0 atom stereocenters. The molecule has 0 bridgehead atoms. The minimum absolute atomic E-state index is 0.701. The van der Waals surface area contributed by atoms with Gasteiger partial charge in [0.25, 0.3) is 0 Å². The first-order chi connectivity index (χ1) is 5.40. The van der Waals surface area contributed by atoms with Crippen LogP contribution in [0, 0.1) is 0 Å². The number of pyridine rings is 1. The van der Waals surface area contributed by atoms with Crippen molar-refractivity contribution in [3.63, 3.8) is 0 Å². The van der Waals surface area contributed by atoms with E-state index in [2.05, 4.69) is 10.3 Å². The van der Waals surface area contributed by atoms with Gasteiger partial charge >= 0.3 is 0 Å². The first kappa shape index (κ1) is 6.46. The van der Waals surface area contributed by atoms with Crippen LogP contribution in [-0.2, 0) is 6.42 Å². The second kappa shape index (κ2) is 2.42. The molecule has 0 saturated heterocycles. The lowest BCUT2D eigenvalue weighted by atomic mass is 10.2. The van der Waals surface area contributed by atoms with Gasteiger partial charge in [-0.3, -0.25) is 0 Å². The van der Waals surface area contributed by atoms with E-state index in [9.17, 15) is 0 Å². The van der Waals surface area contributed by atoms with Gasteiger partial charge in [-0.2, -0.15) is 0 Å². The van der Waals surface area contributed by atoms with E-state index in [-0.39, 0.29) is 0 Å². The molecule has 0 saturated carbocycles. The zero-order valence-electron chi connectivity index (χ0n) is 6.42. The minimum atomic E-state index is 0.701. The number of aromatic nitrogens is 1. The Bertz CT molecular complexity index is 273. The SMILES string of the molecule is COc1cc2c(cn1)NCC2. The van der Waals surface area contributed by atoms with Crippen LogP contribution >= 0.6 is 0 Å². The van der Waals surface area contributed by atoms with Crippen LogP contribution in [0.25, 0.3) is 0 Å². The third-order valence-electron chi connectivity index (χ3n) is 1.88. The maximum atomic E-state index is 5.00. The summed E-state index contributed by atoms with van der Waals surface area (Å²) in [4.78, 5) is 4.08. The van der Waals surface area contributed by atoms with E-state index in [1.54, 1.807) is 7.11 Å². The van der Waals surface area contributed by atoms with Crippen molar-refractivity contribution in [3.05, 3.63) is 17.8 Å². The Morgan fingerprint density at radius 3 is 3.36 bits per heavy atom. The summed E-state index contributed by atoms with van der Waals surface area (Å²) in [6.07, 6.45) is 2.90. The van der Waals surface area contributed by atoms with Gasteiger partial charge in [0.1, 0.15) is 0 Å². The maximum Gasteiger partial charge on any atom is 0.213 e. The van der Waals surface area contributed by atoms with E-state index in [1.165, 1.54) is 5.56 Å². The zero-order chi connectivity index (χ0) is 7.68. The summed E-state index contributed by atoms with van der Waals surface area (Å²) in [5.41, 5.74) is 2.45. The predicted octanol–water partition coefficient (Wildman–Crippen LogP) is 1.06. The smallest absolute Gasteiger partial charge is 0.213 e. The van der Waals surface area contributed by atoms with Crippen LogP contribution in [0.15, 0.2) is 12.3 Å². The summed E-state index contributed by atoms with van der Waals surface area (Å²) in [6, 6.07) is 1.98. The molecule has 1 aromatic rings. The number of hydrogen-bond donors (Lipinski definition) is 1. The van der Waals surface area contributed by atoms with Gasteiger partial charge < -0.3 is 10.1 Å². The van der Waals surface area contributed by atoms with E-state index in [0.29, 0.717) is 5.88 Å². The summed E-state index contributed by atoms with van der Waals surface area (Å²) in [7, 11) is 1.64. The number of methoxy groups -OCH3 is 1. The first-order valence-corrected chi connectivity index (χ1v) is 3.67. The molecule has 1 aromatic heterocycles. The molecule has 0 unspecified atom stereocenters. The molecule has 2 heterocycles. The fourth-order valence-corrected chi connectivity index (χ4v) is 1.28. The lowest BCUT2D eigenvalue weighted by molar-refractivity contribution is 0.397. The summed E-state index contributed by atoms with van der Waals surface area (Å²) in [6.45, 7) is 1.02. The molecular weight excluding hydrogens is 140 g/mol. The second-order valence-electron chi connectivity index (χ2n) is 2.56. The summed E-state index contributed by atoms with van der Waals surface area (Å²) >= 11 is 0. The van der Waals surface area contributed by atoms with Crippen LogP contribution < -0.4 is 10.1 Å². The van der Waals surface area contributed by atoms with E-state index in [0.717, 1.165) is 18.7 Å². The van der Waals surface area contributed by atoms with Gasteiger partial charge in [0.05, 0.1) is 19.0 Å². The highest BCUT2D eigenvalue weighted by atomic mass is 16.5. The lowest BCUT2D eigenvalue weighted by Crippen LogP contribution is -1.91. The number of nitrogens with one attached hydrogen (secondary N) is 1. The van der Waals surface area contributed by atoms with Crippen molar-refractivity contribution in [1.29, 1.82) is 0 Å². The summed E-state index contributed by atoms with van der Waals surface area (Å²) in [5, 5.41) is 3.23. The molecule has 0 amide bonds. The van der Waals surface area contributed by atoms with E-state index >= 15 is 0 Å². The average molecular weight is 150 g/mol. The topological polar surface area (TPSA) is 34.1 Å². The maximum absolute atomic E-state index is 5.00. The Morgan fingerprint density at radius 1 is 1.64 bits per heavy atom. The Labute approximate surface area is 65.4 Å². The Balaban J connectivity index is 2.41. The van der Waals surface area contributed by atoms with Crippen molar-refractivity contribution in [1.82, 2.24) is 4.98 Å². The molecular formula is C8H10N2O. The van der Waals surface area contributed by atoms with Crippen molar-refractivity contribution in [2.75, 3.05) is 19.0 Å². The number of anilines is 1. The van der Waals surface area contributed by atoms with E-state index in [1.807, 2.05) is 12.3 Å². The van der Waals surface area contributed by atoms with Crippen molar-refractivity contribution in [3.8, 4) is 5.88 Å². The van der Waals surface area contributed by atoms with Crippen LogP contribution in [0.2, 0.25) is 0 Å². The average Bonchev–Trinajstić information content (AvgIpc) is 2.50. The fourth-order valence-electron chi connectivity index (χ4n) is 1.28. The van der Waals surface area contributed by atoms with Crippen molar-refractivity contribution >= 4 is 5.69 Å². The molecule has 3 heteroatoms. The molecule has 0 radical (unpaired) electrons. The van der Waals surface area contributed by atoms with Crippen molar-refractivity contribution in [2.45, 2.75) is 6.42 Å². The molecule has 1 aliphatic heterocycles. The third-order valence-corrected chi connectivity index (χ3v) is 1.88. The third kappa shape index (κ3) is 1.02. The highest BCUT2D eigenvalue weighted by molar-refractivity contribution is 5.54. The first-order valence-electron chi connectivity index (χ1n) is 3.67. The van der Waals surface area contributed by atoms with Gasteiger partial charge in [-0.05, 0) is 12.0 Å². The Hall–Kier alpha value is -1.25. The normalized spacial score (nSPS) is 13.9. The van der Waals surface area contributed by atoms with Crippen LogP contribution in [0.5, 0.6) is 5.88 Å². The number of ether oxygens (including phenoxy) is 1.